The van der Waals surface area contributed by atoms with Crippen molar-refractivity contribution in [3.63, 3.8) is 0 Å². The Morgan fingerprint density at radius 2 is 1.72 bits per heavy atom. The summed E-state index contributed by atoms with van der Waals surface area (Å²) in [6.45, 7) is 13.1. The van der Waals surface area contributed by atoms with Crippen LogP contribution in [0.4, 0.5) is 0 Å². The van der Waals surface area contributed by atoms with Crippen molar-refractivity contribution in [3.05, 3.63) is 23.3 Å². The van der Waals surface area contributed by atoms with Gasteiger partial charge in [-0.05, 0) is 55.4 Å². The van der Waals surface area contributed by atoms with Crippen LogP contribution in [0, 0.1) is 29.1 Å². The molecule has 0 aromatic heterocycles. The van der Waals surface area contributed by atoms with Crippen LogP contribution in [0.3, 0.4) is 0 Å². The van der Waals surface area contributed by atoms with Crippen molar-refractivity contribution in [2.75, 3.05) is 0 Å². The Kier molecular flexibility index (Phi) is 5.57. The summed E-state index contributed by atoms with van der Waals surface area (Å²) >= 11 is 0. The van der Waals surface area contributed by atoms with E-state index in [-0.39, 0.29) is 23.1 Å². The van der Waals surface area contributed by atoms with E-state index in [9.17, 15) is 14.4 Å². The normalized spacial score (nSPS) is 38.6. The van der Waals surface area contributed by atoms with E-state index in [0.29, 0.717) is 23.8 Å². The van der Waals surface area contributed by atoms with Gasteiger partial charge in [0.25, 0.3) is 0 Å². The lowest BCUT2D eigenvalue weighted by Crippen LogP contribution is -2.48. The van der Waals surface area contributed by atoms with E-state index >= 15 is 0 Å². The quantitative estimate of drug-likeness (QED) is 0.506. The lowest BCUT2D eigenvalue weighted by atomic mass is 9.81. The number of fused-ring (bicyclic) bond motifs is 2. The highest BCUT2D eigenvalue weighted by Gasteiger charge is 2.61. The first-order valence-electron chi connectivity index (χ1n) is 10.7. The van der Waals surface area contributed by atoms with E-state index < -0.39 is 23.6 Å². The number of hydrogen-bond donors (Lipinski definition) is 0. The second-order valence-electron chi connectivity index (χ2n) is 9.95. The SMILES string of the molecule is CC(=O)OC1C(C)CC2(OC(C)=O)C(=O)C(C)=CC3C(CCC(C)=CC12)C3(C)C. The second-order valence-corrected chi connectivity index (χ2v) is 9.95. The molecule has 0 spiro atoms. The lowest BCUT2D eigenvalue weighted by Gasteiger charge is -2.34. The Labute approximate surface area is 173 Å². The molecule has 0 amide bonds. The number of rotatable bonds is 2. The zero-order valence-corrected chi connectivity index (χ0v) is 18.7. The van der Waals surface area contributed by atoms with Crippen LogP contribution in [0.1, 0.15) is 67.7 Å². The van der Waals surface area contributed by atoms with Crippen LogP contribution < -0.4 is 0 Å². The van der Waals surface area contributed by atoms with Crippen LogP contribution in [0.5, 0.6) is 0 Å². The third-order valence-corrected chi connectivity index (χ3v) is 7.33. The summed E-state index contributed by atoms with van der Waals surface area (Å²) in [4.78, 5) is 37.6. The van der Waals surface area contributed by atoms with Crippen molar-refractivity contribution in [1.29, 1.82) is 0 Å². The van der Waals surface area contributed by atoms with Crippen LogP contribution in [-0.2, 0) is 23.9 Å². The highest BCUT2D eigenvalue weighted by molar-refractivity contribution is 6.03. The van der Waals surface area contributed by atoms with Gasteiger partial charge in [0, 0.05) is 20.3 Å². The van der Waals surface area contributed by atoms with Crippen molar-refractivity contribution in [2.24, 2.45) is 29.1 Å². The zero-order valence-electron chi connectivity index (χ0n) is 18.7. The van der Waals surface area contributed by atoms with Crippen molar-refractivity contribution < 1.29 is 23.9 Å². The van der Waals surface area contributed by atoms with Crippen molar-refractivity contribution >= 4 is 17.7 Å². The van der Waals surface area contributed by atoms with E-state index in [4.69, 9.17) is 9.47 Å². The average Bonchev–Trinajstić information content (AvgIpc) is 3.01. The van der Waals surface area contributed by atoms with Gasteiger partial charge in [0.05, 0.1) is 5.92 Å². The van der Waals surface area contributed by atoms with Gasteiger partial charge in [-0.25, -0.2) is 0 Å². The first-order chi connectivity index (χ1) is 13.4. The first-order valence-corrected chi connectivity index (χ1v) is 10.7. The Balaban J connectivity index is 2.13. The van der Waals surface area contributed by atoms with Crippen molar-refractivity contribution in [3.8, 4) is 0 Å². The maximum atomic E-state index is 13.8. The fraction of sp³-hybridized carbons (Fsp3) is 0.708. The van der Waals surface area contributed by atoms with E-state index in [2.05, 4.69) is 26.8 Å². The maximum Gasteiger partial charge on any atom is 0.303 e. The Bertz CT molecular complexity index is 789. The van der Waals surface area contributed by atoms with Gasteiger partial charge < -0.3 is 9.47 Å². The highest BCUT2D eigenvalue weighted by atomic mass is 16.6. The van der Waals surface area contributed by atoms with Gasteiger partial charge in [0.15, 0.2) is 5.60 Å². The number of ether oxygens (including phenoxy) is 2. The fourth-order valence-electron chi connectivity index (χ4n) is 5.74. The van der Waals surface area contributed by atoms with E-state index in [1.54, 1.807) is 0 Å². The van der Waals surface area contributed by atoms with Crippen LogP contribution in [0.25, 0.3) is 0 Å². The molecular weight excluding hydrogens is 368 g/mol. The van der Waals surface area contributed by atoms with Crippen LogP contribution in [-0.4, -0.2) is 29.4 Å². The van der Waals surface area contributed by atoms with Gasteiger partial charge in [-0.1, -0.05) is 38.5 Å². The smallest absolute Gasteiger partial charge is 0.303 e. The zero-order chi connectivity index (χ0) is 21.7. The molecule has 0 N–H and O–H groups in total. The standard InChI is InChI=1S/C24H34O5/c1-13-8-9-18-19(23(18,6)7)11-14(2)22(27)24(29-17(5)26)12-15(3)21(20(24)10-13)28-16(4)25/h10-11,15,18-21H,8-9,12H2,1-7H3. The molecule has 5 heteroatoms. The van der Waals surface area contributed by atoms with Crippen molar-refractivity contribution in [1.82, 2.24) is 0 Å². The molecule has 0 aromatic rings. The monoisotopic (exact) mass is 402 g/mol. The second kappa shape index (κ2) is 7.41. The van der Waals surface area contributed by atoms with Gasteiger partial charge >= 0.3 is 11.9 Å². The third kappa shape index (κ3) is 3.80. The first kappa shape index (κ1) is 21.8. The third-order valence-electron chi connectivity index (χ3n) is 7.33. The number of ketones is 1. The lowest BCUT2D eigenvalue weighted by molar-refractivity contribution is -0.169. The molecule has 0 aliphatic heterocycles. The summed E-state index contributed by atoms with van der Waals surface area (Å²) in [6.07, 6.45) is 5.94. The minimum absolute atomic E-state index is 0.0999. The largest absolute Gasteiger partial charge is 0.461 e. The molecule has 6 atom stereocenters. The molecule has 0 saturated heterocycles. The number of carbonyl (C=O) groups excluding carboxylic acids is 3. The molecule has 160 valence electrons. The van der Waals surface area contributed by atoms with Gasteiger partial charge in [-0.15, -0.1) is 0 Å². The predicted octanol–water partition coefficient (Wildman–Crippen LogP) is 4.40. The summed E-state index contributed by atoms with van der Waals surface area (Å²) in [6, 6.07) is 0. The number of allylic oxidation sites excluding steroid dienone is 2. The number of esters is 2. The van der Waals surface area contributed by atoms with Gasteiger partial charge in [0.2, 0.25) is 5.78 Å². The molecule has 0 bridgehead atoms. The van der Waals surface area contributed by atoms with Gasteiger partial charge in [-0.2, -0.15) is 0 Å². The molecule has 29 heavy (non-hydrogen) atoms. The average molecular weight is 403 g/mol. The molecule has 3 aliphatic rings. The highest BCUT2D eigenvalue weighted by Crippen LogP contribution is 2.62. The summed E-state index contributed by atoms with van der Waals surface area (Å²) in [5, 5.41) is 0. The minimum atomic E-state index is -1.33. The summed E-state index contributed by atoms with van der Waals surface area (Å²) in [5.74, 6) is -0.721. The molecule has 3 rings (SSSR count). The Hall–Kier alpha value is -1.91. The molecule has 0 aromatic carbocycles. The van der Waals surface area contributed by atoms with E-state index in [0.717, 1.165) is 18.4 Å². The molecule has 6 unspecified atom stereocenters. The molecule has 3 aliphatic carbocycles. The number of carbonyl (C=O) groups is 3. The molecule has 2 fully saturated rings. The Morgan fingerprint density at radius 3 is 2.31 bits per heavy atom. The number of hydrogen-bond acceptors (Lipinski definition) is 5. The summed E-state index contributed by atoms with van der Waals surface area (Å²) < 4.78 is 11.5. The van der Waals surface area contributed by atoms with E-state index in [1.165, 1.54) is 13.8 Å². The molecule has 5 nitrogen and oxygen atoms in total. The van der Waals surface area contributed by atoms with Crippen LogP contribution in [0.15, 0.2) is 23.3 Å². The Morgan fingerprint density at radius 1 is 1.07 bits per heavy atom. The molecular formula is C24H34O5. The predicted molar refractivity (Wildman–Crippen MR) is 110 cm³/mol. The van der Waals surface area contributed by atoms with Gasteiger partial charge in [-0.3, -0.25) is 14.4 Å². The van der Waals surface area contributed by atoms with Crippen LogP contribution in [0.2, 0.25) is 0 Å². The fourth-order valence-corrected chi connectivity index (χ4v) is 5.74. The molecule has 2 saturated carbocycles. The van der Waals surface area contributed by atoms with Crippen molar-refractivity contribution in [2.45, 2.75) is 79.4 Å². The number of Topliss-reactive ketones (excluding diaryl/α,β-unsaturated/α-hetero) is 1. The summed E-state index contributed by atoms with van der Waals surface area (Å²) in [7, 11) is 0. The minimum Gasteiger partial charge on any atom is -0.461 e. The van der Waals surface area contributed by atoms with E-state index in [1.807, 2.05) is 19.9 Å². The molecule has 0 radical (unpaired) electrons. The maximum absolute atomic E-state index is 13.8. The van der Waals surface area contributed by atoms with Crippen LogP contribution >= 0.6 is 0 Å². The topological polar surface area (TPSA) is 69.7 Å². The van der Waals surface area contributed by atoms with Gasteiger partial charge in [0.1, 0.15) is 6.10 Å². The molecule has 0 heterocycles. The summed E-state index contributed by atoms with van der Waals surface area (Å²) in [5.41, 5.74) is 0.636.